The molecule has 0 saturated carbocycles. The van der Waals surface area contributed by atoms with Gasteiger partial charge in [0.2, 0.25) is 5.91 Å². The SMILES string of the molecule is CC(NC(=O)CCn1cnc2scc(-c3ccc(F)cc3)c2c1=O)c1ccccc1. The number of nitrogens with one attached hydrogen (secondary N) is 1. The van der Waals surface area contributed by atoms with Crippen LogP contribution in [0.1, 0.15) is 24.9 Å². The van der Waals surface area contributed by atoms with Gasteiger partial charge < -0.3 is 5.32 Å². The number of aromatic nitrogens is 2. The maximum Gasteiger partial charge on any atom is 0.262 e. The van der Waals surface area contributed by atoms with Crippen LogP contribution in [0.5, 0.6) is 0 Å². The van der Waals surface area contributed by atoms with Crippen LogP contribution in [0.3, 0.4) is 0 Å². The molecule has 0 saturated heterocycles. The van der Waals surface area contributed by atoms with Crippen molar-refractivity contribution in [3.05, 3.63) is 88.0 Å². The largest absolute Gasteiger partial charge is 0.350 e. The van der Waals surface area contributed by atoms with E-state index in [1.54, 1.807) is 12.1 Å². The van der Waals surface area contributed by atoms with Crippen molar-refractivity contribution in [1.82, 2.24) is 14.9 Å². The van der Waals surface area contributed by atoms with Crippen molar-refractivity contribution in [1.29, 1.82) is 0 Å². The predicted molar refractivity (Wildman–Crippen MR) is 117 cm³/mol. The van der Waals surface area contributed by atoms with Crippen LogP contribution in [0, 0.1) is 5.82 Å². The number of carbonyl (C=O) groups excluding carboxylic acids is 1. The van der Waals surface area contributed by atoms with Gasteiger partial charge >= 0.3 is 0 Å². The highest BCUT2D eigenvalue weighted by molar-refractivity contribution is 7.17. The number of nitrogens with zero attached hydrogens (tertiary/aromatic N) is 2. The zero-order valence-corrected chi connectivity index (χ0v) is 17.2. The number of hydrogen-bond acceptors (Lipinski definition) is 4. The monoisotopic (exact) mass is 421 g/mol. The molecular weight excluding hydrogens is 401 g/mol. The summed E-state index contributed by atoms with van der Waals surface area (Å²) < 4.78 is 14.7. The van der Waals surface area contributed by atoms with Gasteiger partial charge in [0.1, 0.15) is 10.6 Å². The number of carbonyl (C=O) groups is 1. The van der Waals surface area contributed by atoms with Crippen molar-refractivity contribution in [3.8, 4) is 11.1 Å². The average molecular weight is 421 g/mol. The maximum atomic E-state index is 13.2. The van der Waals surface area contributed by atoms with Gasteiger partial charge in [0, 0.05) is 23.9 Å². The molecular formula is C23H20FN3O2S. The lowest BCUT2D eigenvalue weighted by Gasteiger charge is -2.14. The Morgan fingerprint density at radius 2 is 1.90 bits per heavy atom. The summed E-state index contributed by atoms with van der Waals surface area (Å²) >= 11 is 1.37. The van der Waals surface area contributed by atoms with Crippen LogP contribution < -0.4 is 10.9 Å². The van der Waals surface area contributed by atoms with E-state index in [9.17, 15) is 14.0 Å². The highest BCUT2D eigenvalue weighted by atomic mass is 32.1. The van der Waals surface area contributed by atoms with Crippen LogP contribution in [0.25, 0.3) is 21.3 Å². The minimum atomic E-state index is -0.329. The first-order valence-electron chi connectivity index (χ1n) is 9.60. The van der Waals surface area contributed by atoms with Crippen LogP contribution in [0.4, 0.5) is 4.39 Å². The molecule has 0 aliphatic carbocycles. The molecule has 30 heavy (non-hydrogen) atoms. The van der Waals surface area contributed by atoms with E-state index in [1.165, 1.54) is 34.4 Å². The van der Waals surface area contributed by atoms with E-state index in [2.05, 4.69) is 10.3 Å². The lowest BCUT2D eigenvalue weighted by molar-refractivity contribution is -0.121. The Hall–Kier alpha value is -3.32. The smallest absolute Gasteiger partial charge is 0.262 e. The average Bonchev–Trinajstić information content (AvgIpc) is 3.19. The molecule has 1 atom stereocenters. The summed E-state index contributed by atoms with van der Waals surface area (Å²) in [5.74, 6) is -0.466. The highest BCUT2D eigenvalue weighted by Crippen LogP contribution is 2.30. The summed E-state index contributed by atoms with van der Waals surface area (Å²) in [5.41, 5.74) is 2.30. The van der Waals surface area contributed by atoms with Crippen molar-refractivity contribution in [2.45, 2.75) is 25.9 Å². The van der Waals surface area contributed by atoms with E-state index in [-0.39, 0.29) is 36.3 Å². The van der Waals surface area contributed by atoms with Crippen LogP contribution in [-0.4, -0.2) is 15.5 Å². The second-order valence-corrected chi connectivity index (χ2v) is 7.89. The molecule has 1 unspecified atom stereocenters. The predicted octanol–water partition coefficient (Wildman–Crippen LogP) is 4.53. The number of halogens is 1. The Balaban J connectivity index is 1.51. The molecule has 152 valence electrons. The van der Waals surface area contributed by atoms with Crippen molar-refractivity contribution in [3.63, 3.8) is 0 Å². The van der Waals surface area contributed by atoms with Gasteiger partial charge in [-0.15, -0.1) is 11.3 Å². The molecule has 1 N–H and O–H groups in total. The van der Waals surface area contributed by atoms with Crippen molar-refractivity contribution in [2.24, 2.45) is 0 Å². The summed E-state index contributed by atoms with van der Waals surface area (Å²) in [6.45, 7) is 2.15. The van der Waals surface area contributed by atoms with Gasteiger partial charge in [-0.25, -0.2) is 9.37 Å². The van der Waals surface area contributed by atoms with Gasteiger partial charge in [-0.05, 0) is 30.2 Å². The molecule has 0 aliphatic rings. The zero-order chi connectivity index (χ0) is 21.1. The van der Waals surface area contributed by atoms with Gasteiger partial charge in [0.15, 0.2) is 0 Å². The third kappa shape index (κ3) is 4.16. The fraction of sp³-hybridized carbons (Fsp3) is 0.174. The molecule has 0 aliphatic heterocycles. The summed E-state index contributed by atoms with van der Waals surface area (Å²) in [5, 5.41) is 5.30. The lowest BCUT2D eigenvalue weighted by Crippen LogP contribution is -2.29. The Morgan fingerprint density at radius 3 is 2.63 bits per heavy atom. The number of benzene rings is 2. The molecule has 4 aromatic rings. The first kappa shape index (κ1) is 20.0. The summed E-state index contributed by atoms with van der Waals surface area (Å²) in [4.78, 5) is 30.4. The quantitative estimate of drug-likeness (QED) is 0.497. The van der Waals surface area contributed by atoms with Crippen LogP contribution in [0.2, 0.25) is 0 Å². The van der Waals surface area contributed by atoms with Gasteiger partial charge in [0.05, 0.1) is 17.8 Å². The van der Waals surface area contributed by atoms with Gasteiger partial charge in [-0.1, -0.05) is 42.5 Å². The van der Waals surface area contributed by atoms with Crippen molar-refractivity contribution in [2.75, 3.05) is 0 Å². The van der Waals surface area contributed by atoms with E-state index in [0.717, 1.165) is 16.7 Å². The Bertz CT molecular complexity index is 1230. The Labute approximate surface area is 176 Å². The molecule has 2 heterocycles. The summed E-state index contributed by atoms with van der Waals surface area (Å²) in [6.07, 6.45) is 1.64. The Kier molecular flexibility index (Phi) is 5.72. The topological polar surface area (TPSA) is 64.0 Å². The standard InChI is InChI=1S/C23H20FN3O2S/c1-15(16-5-3-2-4-6-16)26-20(28)11-12-27-14-25-22-21(23(27)29)19(13-30-22)17-7-9-18(24)10-8-17/h2-10,13-15H,11-12H2,1H3,(H,26,28). The molecule has 2 aromatic carbocycles. The molecule has 0 radical (unpaired) electrons. The third-order valence-electron chi connectivity index (χ3n) is 4.97. The maximum absolute atomic E-state index is 13.2. The van der Waals surface area contributed by atoms with E-state index in [0.29, 0.717) is 10.2 Å². The molecule has 0 fully saturated rings. The van der Waals surface area contributed by atoms with E-state index in [1.807, 2.05) is 42.6 Å². The number of hydrogen-bond donors (Lipinski definition) is 1. The molecule has 2 aromatic heterocycles. The van der Waals surface area contributed by atoms with Crippen LogP contribution >= 0.6 is 11.3 Å². The van der Waals surface area contributed by atoms with Gasteiger partial charge in [0.25, 0.3) is 5.56 Å². The number of amides is 1. The van der Waals surface area contributed by atoms with E-state index < -0.39 is 0 Å². The van der Waals surface area contributed by atoms with Crippen LogP contribution in [0.15, 0.2) is 71.1 Å². The number of fused-ring (bicyclic) bond motifs is 1. The third-order valence-corrected chi connectivity index (χ3v) is 5.86. The number of rotatable bonds is 6. The normalized spacial score (nSPS) is 12.1. The number of aryl methyl sites for hydroxylation is 1. The van der Waals surface area contributed by atoms with Crippen LogP contribution in [-0.2, 0) is 11.3 Å². The second kappa shape index (κ2) is 8.59. The van der Waals surface area contributed by atoms with Gasteiger partial charge in [-0.2, -0.15) is 0 Å². The van der Waals surface area contributed by atoms with Crippen molar-refractivity contribution < 1.29 is 9.18 Å². The summed E-state index contributed by atoms with van der Waals surface area (Å²) in [7, 11) is 0. The fourth-order valence-electron chi connectivity index (χ4n) is 3.33. The molecule has 0 bridgehead atoms. The first-order valence-corrected chi connectivity index (χ1v) is 10.5. The molecule has 4 rings (SSSR count). The minimum Gasteiger partial charge on any atom is -0.350 e. The van der Waals surface area contributed by atoms with Crippen molar-refractivity contribution >= 4 is 27.5 Å². The molecule has 1 amide bonds. The Morgan fingerprint density at radius 1 is 1.17 bits per heavy atom. The summed E-state index contributed by atoms with van der Waals surface area (Å²) in [6, 6.07) is 15.6. The molecule has 5 nitrogen and oxygen atoms in total. The van der Waals surface area contributed by atoms with Gasteiger partial charge in [-0.3, -0.25) is 14.2 Å². The van der Waals surface area contributed by atoms with E-state index in [4.69, 9.17) is 0 Å². The zero-order valence-electron chi connectivity index (χ0n) is 16.3. The highest BCUT2D eigenvalue weighted by Gasteiger charge is 2.15. The fourth-order valence-corrected chi connectivity index (χ4v) is 4.24. The molecule has 0 spiro atoms. The number of thiophene rings is 1. The van der Waals surface area contributed by atoms with E-state index >= 15 is 0 Å². The second-order valence-electron chi connectivity index (χ2n) is 7.03. The first-order chi connectivity index (χ1) is 14.5. The minimum absolute atomic E-state index is 0.113. The lowest BCUT2D eigenvalue weighted by atomic mass is 10.1. The molecule has 7 heteroatoms.